The van der Waals surface area contributed by atoms with Gasteiger partial charge in [0.25, 0.3) is 0 Å². The van der Waals surface area contributed by atoms with Crippen LogP contribution in [0.5, 0.6) is 5.75 Å². The molecule has 1 aromatic carbocycles. The molecule has 0 heterocycles. The van der Waals surface area contributed by atoms with Crippen molar-refractivity contribution in [3.05, 3.63) is 29.8 Å². The number of rotatable bonds is 3. The molecule has 0 fully saturated rings. The molecule has 0 aliphatic rings. The van der Waals surface area contributed by atoms with Gasteiger partial charge in [0.1, 0.15) is 5.75 Å². The highest BCUT2D eigenvalue weighted by atomic mass is 24.3. The van der Waals surface area contributed by atoms with Gasteiger partial charge in [0, 0.05) is 0 Å². The van der Waals surface area contributed by atoms with Gasteiger partial charge < -0.3 is 19.8 Å². The standard InChI is InChI=1S/C7H7BO5.Mg.2H/c9-7(10)5-3-1-2-4-6(5)13-8(11)12;;;/h1-4,11-12H,(H,9,10);;;. The second-order valence-corrected chi connectivity index (χ2v) is 2.25. The summed E-state index contributed by atoms with van der Waals surface area (Å²) in [6.07, 6.45) is 0. The van der Waals surface area contributed by atoms with Gasteiger partial charge in [-0.1, -0.05) is 12.1 Å². The average Bonchev–Trinajstić information content (AvgIpc) is 2.03. The molecule has 1 aromatic rings. The molecule has 0 spiro atoms. The lowest BCUT2D eigenvalue weighted by atomic mass is 10.1. The lowest BCUT2D eigenvalue weighted by molar-refractivity contribution is 0.0694. The van der Waals surface area contributed by atoms with Crippen molar-refractivity contribution in [2.45, 2.75) is 0 Å². The minimum absolute atomic E-state index is 0. The summed E-state index contributed by atoms with van der Waals surface area (Å²) in [5.74, 6) is -1.26. The molecule has 0 saturated carbocycles. The van der Waals surface area contributed by atoms with Gasteiger partial charge in [-0.2, -0.15) is 0 Å². The van der Waals surface area contributed by atoms with Crippen LogP contribution in [-0.2, 0) is 0 Å². The van der Waals surface area contributed by atoms with E-state index in [2.05, 4.69) is 4.65 Å². The summed E-state index contributed by atoms with van der Waals surface area (Å²) in [7, 11) is -2.01. The summed E-state index contributed by atoms with van der Waals surface area (Å²) >= 11 is 0. The van der Waals surface area contributed by atoms with E-state index in [0.717, 1.165) is 0 Å². The molecule has 72 valence electrons. The van der Waals surface area contributed by atoms with Crippen LogP contribution in [0.2, 0.25) is 0 Å². The van der Waals surface area contributed by atoms with Crippen molar-refractivity contribution < 1.29 is 24.6 Å². The van der Waals surface area contributed by atoms with Crippen LogP contribution in [0.25, 0.3) is 0 Å². The molecular formula is C7H9BMgO5. The average molecular weight is 208 g/mol. The van der Waals surface area contributed by atoms with E-state index >= 15 is 0 Å². The summed E-state index contributed by atoms with van der Waals surface area (Å²) in [6, 6.07) is 5.69. The second-order valence-electron chi connectivity index (χ2n) is 2.25. The van der Waals surface area contributed by atoms with E-state index < -0.39 is 13.3 Å². The van der Waals surface area contributed by atoms with Crippen molar-refractivity contribution in [2.24, 2.45) is 0 Å². The summed E-state index contributed by atoms with van der Waals surface area (Å²) in [5.41, 5.74) is -0.115. The number of hydrogen-bond acceptors (Lipinski definition) is 4. The Labute approximate surface area is 96.7 Å². The van der Waals surface area contributed by atoms with Crippen LogP contribution in [0.4, 0.5) is 0 Å². The lowest BCUT2D eigenvalue weighted by Crippen LogP contribution is -2.21. The summed E-state index contributed by atoms with van der Waals surface area (Å²) in [6.45, 7) is 0. The van der Waals surface area contributed by atoms with Crippen LogP contribution < -0.4 is 4.65 Å². The fourth-order valence-corrected chi connectivity index (χ4v) is 0.860. The van der Waals surface area contributed by atoms with E-state index in [4.69, 9.17) is 15.2 Å². The first kappa shape index (κ1) is 13.2. The maximum atomic E-state index is 10.6. The molecule has 0 amide bonds. The zero-order valence-corrected chi connectivity index (χ0v) is 6.54. The van der Waals surface area contributed by atoms with E-state index in [1.807, 2.05) is 0 Å². The highest BCUT2D eigenvalue weighted by Gasteiger charge is 2.16. The molecule has 14 heavy (non-hydrogen) atoms. The van der Waals surface area contributed by atoms with Gasteiger partial charge in [-0.05, 0) is 12.1 Å². The van der Waals surface area contributed by atoms with Gasteiger partial charge in [-0.3, -0.25) is 0 Å². The van der Waals surface area contributed by atoms with E-state index in [0.29, 0.717) is 0 Å². The number of hydrogen-bond donors (Lipinski definition) is 3. The maximum absolute atomic E-state index is 10.6. The number of carbonyl (C=O) groups is 1. The van der Waals surface area contributed by atoms with Gasteiger partial charge in [0.2, 0.25) is 0 Å². The van der Waals surface area contributed by atoms with Crippen molar-refractivity contribution in [2.75, 3.05) is 0 Å². The van der Waals surface area contributed by atoms with E-state index in [1.54, 1.807) is 0 Å². The molecule has 0 radical (unpaired) electrons. The van der Waals surface area contributed by atoms with Gasteiger partial charge in [0.05, 0.1) is 5.56 Å². The zero-order chi connectivity index (χ0) is 9.84. The maximum Gasteiger partial charge on any atom is 0.707 e. The fraction of sp³-hybridized carbons (Fsp3) is 0. The van der Waals surface area contributed by atoms with Crippen molar-refractivity contribution in [3.8, 4) is 5.75 Å². The SMILES string of the molecule is O=C(O)c1ccccc1OB(O)O.[MgH2]. The molecule has 0 aliphatic heterocycles. The lowest BCUT2D eigenvalue weighted by Gasteiger charge is -2.06. The highest BCUT2D eigenvalue weighted by Crippen LogP contribution is 2.17. The molecule has 0 bridgehead atoms. The van der Waals surface area contributed by atoms with Crippen molar-refractivity contribution >= 4 is 36.3 Å². The summed E-state index contributed by atoms with van der Waals surface area (Å²) in [4.78, 5) is 10.6. The summed E-state index contributed by atoms with van der Waals surface area (Å²) in [5, 5.41) is 25.5. The minimum Gasteiger partial charge on any atom is -0.511 e. The van der Waals surface area contributed by atoms with E-state index in [1.165, 1.54) is 24.3 Å². The quantitative estimate of drug-likeness (QED) is 0.544. The van der Waals surface area contributed by atoms with Crippen molar-refractivity contribution in [1.82, 2.24) is 0 Å². The Morgan fingerprint density at radius 1 is 1.29 bits per heavy atom. The van der Waals surface area contributed by atoms with Crippen LogP contribution in [0.15, 0.2) is 24.3 Å². The largest absolute Gasteiger partial charge is 0.707 e. The Balaban J connectivity index is 0.00000169. The fourth-order valence-electron chi connectivity index (χ4n) is 0.860. The van der Waals surface area contributed by atoms with Gasteiger partial charge in [0.15, 0.2) is 0 Å². The van der Waals surface area contributed by atoms with Crippen LogP contribution in [0.1, 0.15) is 10.4 Å². The van der Waals surface area contributed by atoms with E-state index in [9.17, 15) is 4.79 Å². The first-order valence-electron chi connectivity index (χ1n) is 3.46. The number of carboxylic acids is 1. The van der Waals surface area contributed by atoms with Crippen molar-refractivity contribution in [3.63, 3.8) is 0 Å². The molecule has 0 saturated heterocycles. The minimum atomic E-state index is -2.01. The van der Waals surface area contributed by atoms with Crippen LogP contribution >= 0.6 is 0 Å². The Bertz CT molecular complexity index is 317. The third kappa shape index (κ3) is 3.54. The monoisotopic (exact) mass is 208 g/mol. The smallest absolute Gasteiger partial charge is 0.511 e. The molecule has 5 nitrogen and oxygen atoms in total. The van der Waals surface area contributed by atoms with Gasteiger partial charge in [-0.15, -0.1) is 0 Å². The number of para-hydroxylation sites is 1. The number of carboxylic acid groups (broad SMARTS) is 1. The normalized spacial score (nSPS) is 8.71. The molecular weight excluding hydrogens is 199 g/mol. The predicted molar refractivity (Wildman–Crippen MR) is 52.8 cm³/mol. The molecule has 1 rings (SSSR count). The first-order valence-corrected chi connectivity index (χ1v) is 3.46. The third-order valence-corrected chi connectivity index (χ3v) is 1.35. The molecule has 0 unspecified atom stereocenters. The molecule has 0 atom stereocenters. The topological polar surface area (TPSA) is 87.0 Å². The molecule has 0 aliphatic carbocycles. The number of benzene rings is 1. The highest BCUT2D eigenvalue weighted by molar-refractivity contribution is 6.34. The molecule has 0 aromatic heterocycles. The number of aromatic carboxylic acids is 1. The van der Waals surface area contributed by atoms with Crippen LogP contribution in [0, 0.1) is 0 Å². The Morgan fingerprint density at radius 3 is 2.36 bits per heavy atom. The van der Waals surface area contributed by atoms with Gasteiger partial charge >= 0.3 is 36.3 Å². The first-order chi connectivity index (χ1) is 6.11. The Kier molecular flexibility index (Phi) is 5.55. The zero-order valence-electron chi connectivity index (χ0n) is 6.54. The van der Waals surface area contributed by atoms with Crippen LogP contribution in [-0.4, -0.2) is 51.5 Å². The van der Waals surface area contributed by atoms with Crippen LogP contribution in [0.3, 0.4) is 0 Å². The van der Waals surface area contributed by atoms with E-state index in [-0.39, 0.29) is 34.4 Å². The summed E-state index contributed by atoms with van der Waals surface area (Å²) < 4.78 is 4.44. The van der Waals surface area contributed by atoms with Gasteiger partial charge in [-0.25, -0.2) is 4.79 Å². The Morgan fingerprint density at radius 2 is 1.86 bits per heavy atom. The second kappa shape index (κ2) is 5.86. The Hall–Kier alpha value is -0.759. The molecule has 7 heteroatoms. The predicted octanol–water partition coefficient (Wildman–Crippen LogP) is -1.18. The van der Waals surface area contributed by atoms with Crippen molar-refractivity contribution in [1.29, 1.82) is 0 Å². The molecule has 3 N–H and O–H groups in total. The third-order valence-electron chi connectivity index (χ3n) is 1.35.